The van der Waals surface area contributed by atoms with Gasteiger partial charge >= 0.3 is 0 Å². The van der Waals surface area contributed by atoms with E-state index >= 15 is 0 Å². The summed E-state index contributed by atoms with van der Waals surface area (Å²) in [7, 11) is 1.91. The quantitative estimate of drug-likeness (QED) is 0.694. The standard InChI is InChI=1S/C9H14N6/c1-15-6-14-7-8(11-4-2-3-10)12-5-13-9(7)15/h5-6H,2-4,10H2,1H3,(H,11,12,13). The zero-order chi connectivity index (χ0) is 10.7. The Morgan fingerprint density at radius 3 is 3.07 bits per heavy atom. The molecule has 0 saturated carbocycles. The van der Waals surface area contributed by atoms with Gasteiger partial charge in [-0.15, -0.1) is 0 Å². The van der Waals surface area contributed by atoms with Gasteiger partial charge in [0.05, 0.1) is 6.33 Å². The van der Waals surface area contributed by atoms with Crippen LogP contribution in [-0.4, -0.2) is 32.6 Å². The lowest BCUT2D eigenvalue weighted by Crippen LogP contribution is -2.09. The zero-order valence-corrected chi connectivity index (χ0v) is 8.64. The van der Waals surface area contributed by atoms with E-state index < -0.39 is 0 Å². The molecule has 0 radical (unpaired) electrons. The maximum absolute atomic E-state index is 5.42. The van der Waals surface area contributed by atoms with Gasteiger partial charge in [0.2, 0.25) is 0 Å². The first-order chi connectivity index (χ1) is 7.33. The number of fused-ring (bicyclic) bond motifs is 1. The predicted molar refractivity (Wildman–Crippen MR) is 58.5 cm³/mol. The van der Waals surface area contributed by atoms with E-state index in [2.05, 4.69) is 20.3 Å². The normalized spacial score (nSPS) is 10.8. The fourth-order valence-corrected chi connectivity index (χ4v) is 1.38. The van der Waals surface area contributed by atoms with Gasteiger partial charge in [-0.1, -0.05) is 0 Å². The van der Waals surface area contributed by atoms with Crippen molar-refractivity contribution in [1.29, 1.82) is 0 Å². The minimum absolute atomic E-state index is 0.670. The Labute approximate surface area is 87.5 Å². The van der Waals surface area contributed by atoms with Gasteiger partial charge in [0.1, 0.15) is 11.8 Å². The first kappa shape index (κ1) is 9.85. The van der Waals surface area contributed by atoms with Gasteiger partial charge in [0.25, 0.3) is 0 Å². The fourth-order valence-electron chi connectivity index (χ4n) is 1.38. The van der Waals surface area contributed by atoms with E-state index in [-0.39, 0.29) is 0 Å². The number of aryl methyl sites for hydroxylation is 1. The molecule has 2 rings (SSSR count). The minimum atomic E-state index is 0.670. The van der Waals surface area contributed by atoms with Crippen molar-refractivity contribution in [2.45, 2.75) is 6.42 Å². The second kappa shape index (κ2) is 4.22. The molecule has 6 nitrogen and oxygen atoms in total. The van der Waals surface area contributed by atoms with Crippen LogP contribution in [0.1, 0.15) is 6.42 Å². The number of nitrogens with two attached hydrogens (primary N) is 1. The molecule has 0 aromatic carbocycles. The van der Waals surface area contributed by atoms with E-state index in [9.17, 15) is 0 Å². The number of hydrogen-bond acceptors (Lipinski definition) is 5. The van der Waals surface area contributed by atoms with Crippen molar-refractivity contribution < 1.29 is 0 Å². The summed E-state index contributed by atoms with van der Waals surface area (Å²) in [4.78, 5) is 12.5. The first-order valence-electron chi connectivity index (χ1n) is 4.89. The van der Waals surface area contributed by atoms with E-state index in [4.69, 9.17) is 5.73 Å². The first-order valence-corrected chi connectivity index (χ1v) is 4.89. The van der Waals surface area contributed by atoms with Crippen LogP contribution in [0.5, 0.6) is 0 Å². The molecule has 3 N–H and O–H groups in total. The van der Waals surface area contributed by atoms with Gasteiger partial charge in [0, 0.05) is 13.6 Å². The van der Waals surface area contributed by atoms with E-state index in [0.717, 1.165) is 29.9 Å². The molecule has 15 heavy (non-hydrogen) atoms. The second-order valence-corrected chi connectivity index (χ2v) is 3.32. The summed E-state index contributed by atoms with van der Waals surface area (Å²) in [6.07, 6.45) is 4.18. The third-order valence-electron chi connectivity index (χ3n) is 2.17. The maximum atomic E-state index is 5.42. The minimum Gasteiger partial charge on any atom is -0.368 e. The van der Waals surface area contributed by atoms with E-state index in [0.29, 0.717) is 6.54 Å². The molecule has 0 atom stereocenters. The van der Waals surface area contributed by atoms with Crippen molar-refractivity contribution in [3.8, 4) is 0 Å². The van der Waals surface area contributed by atoms with E-state index in [1.54, 1.807) is 6.33 Å². The molecular formula is C9H14N6. The Morgan fingerprint density at radius 2 is 2.27 bits per heavy atom. The Hall–Kier alpha value is -1.69. The van der Waals surface area contributed by atoms with Crippen LogP contribution in [0, 0.1) is 0 Å². The molecule has 0 aliphatic carbocycles. The van der Waals surface area contributed by atoms with Gasteiger partial charge in [-0.05, 0) is 13.0 Å². The number of nitrogens with one attached hydrogen (secondary N) is 1. The molecule has 2 aromatic rings. The van der Waals surface area contributed by atoms with Crippen LogP contribution in [-0.2, 0) is 7.05 Å². The molecule has 2 heterocycles. The monoisotopic (exact) mass is 206 g/mol. The summed E-state index contributed by atoms with van der Waals surface area (Å²) in [5.74, 6) is 0.772. The van der Waals surface area contributed by atoms with Gasteiger partial charge in [-0.25, -0.2) is 15.0 Å². The average molecular weight is 206 g/mol. The van der Waals surface area contributed by atoms with Crippen molar-refractivity contribution in [2.75, 3.05) is 18.4 Å². The molecule has 6 heteroatoms. The summed E-state index contributed by atoms with van der Waals surface area (Å²) in [5, 5.41) is 3.19. The molecule has 0 amide bonds. The number of nitrogens with zero attached hydrogens (tertiary/aromatic N) is 4. The van der Waals surface area contributed by atoms with Crippen LogP contribution < -0.4 is 11.1 Å². The van der Waals surface area contributed by atoms with Gasteiger partial charge < -0.3 is 15.6 Å². The van der Waals surface area contributed by atoms with Gasteiger partial charge in [-0.3, -0.25) is 0 Å². The van der Waals surface area contributed by atoms with Crippen LogP contribution in [0.15, 0.2) is 12.7 Å². The summed E-state index contributed by atoms with van der Waals surface area (Å²) in [6.45, 7) is 1.47. The number of rotatable bonds is 4. The second-order valence-electron chi connectivity index (χ2n) is 3.32. The zero-order valence-electron chi connectivity index (χ0n) is 8.64. The Morgan fingerprint density at radius 1 is 1.40 bits per heavy atom. The molecular weight excluding hydrogens is 192 g/mol. The third-order valence-corrected chi connectivity index (χ3v) is 2.17. The third kappa shape index (κ3) is 1.89. The van der Waals surface area contributed by atoms with Crippen molar-refractivity contribution in [2.24, 2.45) is 12.8 Å². The van der Waals surface area contributed by atoms with Crippen LogP contribution in [0.25, 0.3) is 11.2 Å². The van der Waals surface area contributed by atoms with Gasteiger partial charge in [-0.2, -0.15) is 0 Å². The van der Waals surface area contributed by atoms with Crippen LogP contribution in [0.3, 0.4) is 0 Å². The molecule has 0 aliphatic rings. The Balaban J connectivity index is 2.26. The molecule has 0 unspecified atom stereocenters. The highest BCUT2D eigenvalue weighted by Gasteiger charge is 2.06. The topological polar surface area (TPSA) is 81.7 Å². The Kier molecular flexibility index (Phi) is 2.77. The predicted octanol–water partition coefficient (Wildman–Crippen LogP) is 0.124. The molecule has 2 aromatic heterocycles. The highest BCUT2D eigenvalue weighted by Crippen LogP contribution is 2.15. The summed E-state index contributed by atoms with van der Waals surface area (Å²) in [6, 6.07) is 0. The maximum Gasteiger partial charge on any atom is 0.165 e. The highest BCUT2D eigenvalue weighted by atomic mass is 15.1. The van der Waals surface area contributed by atoms with Crippen molar-refractivity contribution in [1.82, 2.24) is 19.5 Å². The highest BCUT2D eigenvalue weighted by molar-refractivity contribution is 5.82. The molecule has 80 valence electrons. The molecule has 0 bridgehead atoms. The number of imidazole rings is 1. The summed E-state index contributed by atoms with van der Waals surface area (Å²) >= 11 is 0. The summed E-state index contributed by atoms with van der Waals surface area (Å²) < 4.78 is 1.87. The Bertz CT molecular complexity index is 449. The molecule has 0 aliphatic heterocycles. The average Bonchev–Trinajstić information content (AvgIpc) is 2.62. The molecule has 0 fully saturated rings. The van der Waals surface area contributed by atoms with Crippen molar-refractivity contribution in [3.05, 3.63) is 12.7 Å². The van der Waals surface area contributed by atoms with Crippen molar-refractivity contribution >= 4 is 17.0 Å². The van der Waals surface area contributed by atoms with E-state index in [1.807, 2.05) is 11.6 Å². The lowest BCUT2D eigenvalue weighted by atomic mass is 10.4. The van der Waals surface area contributed by atoms with Crippen LogP contribution >= 0.6 is 0 Å². The fraction of sp³-hybridized carbons (Fsp3) is 0.444. The van der Waals surface area contributed by atoms with E-state index in [1.165, 1.54) is 6.33 Å². The molecule has 0 saturated heterocycles. The number of anilines is 1. The lowest BCUT2D eigenvalue weighted by Gasteiger charge is -2.04. The molecule has 0 spiro atoms. The SMILES string of the molecule is Cn1cnc2c(NCCCN)ncnc21. The van der Waals surface area contributed by atoms with Gasteiger partial charge in [0.15, 0.2) is 11.5 Å². The number of aromatic nitrogens is 4. The van der Waals surface area contributed by atoms with Crippen LogP contribution in [0.2, 0.25) is 0 Å². The smallest absolute Gasteiger partial charge is 0.165 e. The van der Waals surface area contributed by atoms with Crippen molar-refractivity contribution in [3.63, 3.8) is 0 Å². The number of hydrogen-bond donors (Lipinski definition) is 2. The summed E-state index contributed by atoms with van der Waals surface area (Å²) in [5.41, 5.74) is 7.05. The van der Waals surface area contributed by atoms with Crippen LogP contribution in [0.4, 0.5) is 5.82 Å². The lowest BCUT2D eigenvalue weighted by molar-refractivity contribution is 0.870. The largest absolute Gasteiger partial charge is 0.368 e.